The van der Waals surface area contributed by atoms with Gasteiger partial charge in [-0.15, -0.1) is 27.8 Å². The van der Waals surface area contributed by atoms with Crippen LogP contribution in [0, 0.1) is 13.8 Å². The van der Waals surface area contributed by atoms with Crippen LogP contribution in [0.4, 0.5) is 0 Å². The van der Waals surface area contributed by atoms with E-state index < -0.39 is 18.4 Å². The molecule has 0 unspecified atom stereocenters. The van der Waals surface area contributed by atoms with Gasteiger partial charge in [0.25, 0.3) is 0 Å². The molecule has 10 nitrogen and oxygen atoms in total. The van der Waals surface area contributed by atoms with E-state index in [9.17, 15) is 30.3 Å². The van der Waals surface area contributed by atoms with E-state index in [-0.39, 0.29) is 59.1 Å². The molecule has 0 saturated carbocycles. The Balaban J connectivity index is 0.00000417. The average Bonchev–Trinajstić information content (AvgIpc) is 3.75. The molecule has 0 amide bonds. The Morgan fingerprint density at radius 3 is 2.26 bits per heavy atom. The molecule has 0 aromatic carbocycles. The smallest absolute Gasteiger partial charge is 0.872 e. The first kappa shape index (κ1) is 33.9. The van der Waals surface area contributed by atoms with Crippen LogP contribution >= 0.6 is 0 Å². The first-order chi connectivity index (χ1) is 21.4. The first-order valence-corrected chi connectivity index (χ1v) is 15.4. The second kappa shape index (κ2) is 12.6. The number of hydrogen-bond donors (Lipinski definition) is 3. The minimum Gasteiger partial charge on any atom is -0.872 e. The zero-order valence-corrected chi connectivity index (χ0v) is 28.3. The van der Waals surface area contributed by atoms with Gasteiger partial charge in [-0.2, -0.15) is 0 Å². The van der Waals surface area contributed by atoms with Gasteiger partial charge >= 0.3 is 23.1 Å². The van der Waals surface area contributed by atoms with Crippen molar-refractivity contribution in [1.82, 2.24) is 19.9 Å². The Kier molecular flexibility index (Phi) is 9.28. The van der Waals surface area contributed by atoms with Crippen molar-refractivity contribution >= 4 is 74.1 Å². The standard InChI is InChI=1S/C35H39N4O6.Mg/c1-7-18-22-12-23-19(8-2)30-26(41)11-21(34(30)37-23)33-20(9-10-27(42)43)14(3)31(39-33)16(5)32-15(4)28(17(6)40)24(38-32)13-25(36-22)29(18)35(44)45;/h11-14,17,20,35,40,44-45H,7-10H2,1-6H3,(H3-,36,37,38,39,41,42,43);/q-1;+2/p-3/t14-,17+,20-;/m0./s1. The maximum atomic E-state index is 13.5. The van der Waals surface area contributed by atoms with Crippen molar-refractivity contribution in [2.75, 3.05) is 0 Å². The molecule has 3 N–H and O–H groups in total. The number of fused-ring (bicyclic) bond motifs is 8. The van der Waals surface area contributed by atoms with E-state index in [4.69, 9.17) is 19.9 Å². The fourth-order valence-electron chi connectivity index (χ4n) is 7.41. The number of carboxylic acids is 1. The molecule has 1 aliphatic carbocycles. The van der Waals surface area contributed by atoms with Gasteiger partial charge in [-0.3, -0.25) is 4.98 Å². The van der Waals surface area contributed by atoms with Gasteiger partial charge in [-0.25, -0.2) is 4.98 Å². The summed E-state index contributed by atoms with van der Waals surface area (Å²) in [5, 5.41) is 57.0. The third-order valence-corrected chi connectivity index (χ3v) is 9.51. The Bertz CT molecular complexity index is 1980. The van der Waals surface area contributed by atoms with E-state index in [0.29, 0.717) is 79.9 Å². The van der Waals surface area contributed by atoms with Crippen LogP contribution in [0.15, 0.2) is 12.1 Å². The third kappa shape index (κ3) is 5.28. The van der Waals surface area contributed by atoms with E-state index >= 15 is 0 Å². The van der Waals surface area contributed by atoms with Crippen LogP contribution in [0.25, 0.3) is 45.0 Å². The molecule has 0 fully saturated rings. The van der Waals surface area contributed by atoms with Crippen LogP contribution in [0.2, 0.25) is 0 Å². The van der Waals surface area contributed by atoms with Crippen LogP contribution < -0.4 is 20.2 Å². The van der Waals surface area contributed by atoms with Crippen LogP contribution in [0.5, 0.6) is 0 Å². The number of nitrogens with zero attached hydrogens (tertiary/aromatic N) is 4. The predicted molar refractivity (Wildman–Crippen MR) is 173 cm³/mol. The van der Waals surface area contributed by atoms with Crippen LogP contribution in [-0.2, 0) is 11.2 Å². The van der Waals surface area contributed by atoms with Gasteiger partial charge < -0.3 is 40.3 Å². The molecule has 3 aliphatic rings. The Morgan fingerprint density at radius 2 is 1.65 bits per heavy atom. The topological polar surface area (TPSA) is 178 Å². The van der Waals surface area contributed by atoms with Gasteiger partial charge in [-0.1, -0.05) is 50.1 Å². The molecule has 3 aromatic rings. The number of carbonyl (C=O) groups is 1. The molecule has 3 atom stereocenters. The predicted octanol–water partition coefficient (Wildman–Crippen LogP) is 2.65. The summed E-state index contributed by atoms with van der Waals surface area (Å²) in [6.07, 6.45) is -0.0392. The first-order valence-electron chi connectivity index (χ1n) is 15.4. The van der Waals surface area contributed by atoms with Gasteiger partial charge in [0.1, 0.15) is 0 Å². The summed E-state index contributed by atoms with van der Waals surface area (Å²) < 4.78 is 0. The van der Waals surface area contributed by atoms with Crippen LogP contribution in [0.1, 0.15) is 121 Å². The Morgan fingerprint density at radius 1 is 0.978 bits per heavy atom. The fourth-order valence-corrected chi connectivity index (χ4v) is 7.41. The SMILES string of the molecule is CCC1=C(C(O)O)c2cc3[n-]c(c(C)c4nc(c5c6[n-]c(cc1n2)c(CC)c6C([O-])=C5)[C@@H](CCC(=O)[O-])[C@@H]4C)c(C)c3[C@@H](C)O.[Mg+2]. The van der Waals surface area contributed by atoms with Crippen molar-refractivity contribution in [1.29, 1.82) is 0 Å². The second-order valence-corrected chi connectivity index (χ2v) is 12.1. The number of aliphatic hydroxyl groups excluding tert-OH is 2. The summed E-state index contributed by atoms with van der Waals surface area (Å²) in [7, 11) is 0. The minimum absolute atomic E-state index is 0. The molecule has 11 heteroatoms. The number of allylic oxidation sites excluding steroid dienone is 1. The molecule has 0 spiro atoms. The molecular formula is C35H36MgN4O6-2. The van der Waals surface area contributed by atoms with Crippen molar-refractivity contribution in [2.45, 2.75) is 91.5 Å². The zero-order chi connectivity index (χ0) is 32.5. The summed E-state index contributed by atoms with van der Waals surface area (Å²) >= 11 is 0. The molecule has 236 valence electrons. The molecule has 3 aromatic heterocycles. The molecule has 6 rings (SSSR count). The molecule has 5 heterocycles. The fraction of sp³-hybridized carbons (Fsp3) is 0.400. The van der Waals surface area contributed by atoms with Gasteiger partial charge in [0.15, 0.2) is 6.29 Å². The van der Waals surface area contributed by atoms with Crippen molar-refractivity contribution in [2.24, 2.45) is 0 Å². The summed E-state index contributed by atoms with van der Waals surface area (Å²) in [4.78, 5) is 31.4. The van der Waals surface area contributed by atoms with Crippen LogP contribution in [-0.4, -0.2) is 60.6 Å². The summed E-state index contributed by atoms with van der Waals surface area (Å²) in [6.45, 7) is 11.3. The summed E-state index contributed by atoms with van der Waals surface area (Å²) in [5.41, 5.74) is 9.14. The van der Waals surface area contributed by atoms with Gasteiger partial charge in [0.05, 0.1) is 23.2 Å². The third-order valence-electron chi connectivity index (χ3n) is 9.51. The van der Waals surface area contributed by atoms with E-state index in [2.05, 4.69) is 0 Å². The normalized spacial score (nSPS) is 17.8. The number of carbonyl (C=O) groups excluding carboxylic acids is 1. The molecule has 46 heavy (non-hydrogen) atoms. The van der Waals surface area contributed by atoms with Crippen molar-refractivity contribution in [3.8, 4) is 0 Å². The minimum atomic E-state index is -1.80. The van der Waals surface area contributed by atoms with Gasteiger partial charge in [-0.05, 0) is 74.3 Å². The summed E-state index contributed by atoms with van der Waals surface area (Å²) in [6, 6.07) is 3.45. The maximum Gasteiger partial charge on any atom is 2.00 e. The Labute approximate surface area is 283 Å². The van der Waals surface area contributed by atoms with E-state index in [1.165, 1.54) is 0 Å². The van der Waals surface area contributed by atoms with Crippen molar-refractivity contribution in [3.63, 3.8) is 0 Å². The molecule has 0 saturated heterocycles. The summed E-state index contributed by atoms with van der Waals surface area (Å²) in [5.74, 6) is -1.85. The molecule has 2 aliphatic heterocycles. The van der Waals surface area contributed by atoms with Crippen molar-refractivity contribution < 1.29 is 30.3 Å². The number of aryl methyl sites for hydroxylation is 3. The van der Waals surface area contributed by atoms with Crippen LogP contribution in [0.3, 0.4) is 0 Å². The number of hydrogen-bond acceptors (Lipinski definition) is 8. The number of aliphatic carboxylic acids is 1. The average molecular weight is 633 g/mol. The molecule has 0 radical (unpaired) electrons. The second-order valence-electron chi connectivity index (χ2n) is 12.1. The number of aromatic nitrogens is 4. The van der Waals surface area contributed by atoms with E-state index in [1.54, 1.807) is 25.1 Å². The quantitative estimate of drug-likeness (QED) is 0.259. The zero-order valence-electron chi connectivity index (χ0n) is 26.9. The maximum absolute atomic E-state index is 13.5. The Hall–Kier alpha value is -3.48. The largest absolute Gasteiger partial charge is 2.00 e. The molecule has 8 bridgehead atoms. The van der Waals surface area contributed by atoms with Gasteiger partial charge in [0, 0.05) is 29.1 Å². The van der Waals surface area contributed by atoms with E-state index in [1.807, 2.05) is 34.6 Å². The number of rotatable bonds is 7. The number of aliphatic hydroxyl groups is 3. The monoisotopic (exact) mass is 632 g/mol. The number of carboxylic acid groups (broad SMARTS) is 1. The van der Waals surface area contributed by atoms with Gasteiger partial charge in [0.2, 0.25) is 0 Å². The van der Waals surface area contributed by atoms with Crippen molar-refractivity contribution in [3.05, 3.63) is 68.3 Å². The van der Waals surface area contributed by atoms with E-state index in [0.717, 1.165) is 16.7 Å². The molecular weight excluding hydrogens is 597 g/mol.